The van der Waals surface area contributed by atoms with Crippen LogP contribution in [0.4, 0.5) is 0 Å². The van der Waals surface area contributed by atoms with Gasteiger partial charge in [0.15, 0.2) is 11.5 Å². The van der Waals surface area contributed by atoms with Gasteiger partial charge in [-0.05, 0) is 43.5 Å². The number of rotatable bonds is 6. The zero-order valence-corrected chi connectivity index (χ0v) is 16.4. The van der Waals surface area contributed by atoms with E-state index >= 15 is 0 Å². The first-order valence-corrected chi connectivity index (χ1v) is 10.2. The molecule has 2 aliphatic rings. The number of hydrogen-bond acceptors (Lipinski definition) is 4. The fourth-order valence-electron chi connectivity index (χ4n) is 4.24. The molecule has 1 heterocycles. The number of ether oxygens (including phenoxy) is 2. The summed E-state index contributed by atoms with van der Waals surface area (Å²) < 4.78 is 11.1. The predicted molar refractivity (Wildman–Crippen MR) is 109 cm³/mol. The second kappa shape index (κ2) is 8.23. The molecule has 1 unspecified atom stereocenters. The molecule has 28 heavy (non-hydrogen) atoms. The van der Waals surface area contributed by atoms with Crippen LogP contribution in [-0.4, -0.2) is 31.2 Å². The molecule has 1 amide bonds. The molecule has 0 radical (unpaired) electrons. The molecule has 1 aliphatic carbocycles. The normalized spacial score (nSPS) is 18.5. The molecule has 4 rings (SSSR count). The standard InChI is InChI=1S/C23H28N2O3/c1-17(18-7-3-2-4-8-18)25-23(11-5-6-12-23)16-24-22(26)19-9-10-20-21(15-19)28-14-13-27-20/h2-4,7-10,15,17,25H,5-6,11-14,16H2,1H3,(H,24,26). The molecule has 0 spiro atoms. The Morgan fingerprint density at radius 1 is 1.04 bits per heavy atom. The van der Waals surface area contributed by atoms with Gasteiger partial charge in [0.25, 0.3) is 5.91 Å². The Bertz CT molecular complexity index is 816. The quantitative estimate of drug-likeness (QED) is 0.799. The average Bonchev–Trinajstić information content (AvgIpc) is 3.21. The molecule has 148 valence electrons. The van der Waals surface area contributed by atoms with E-state index in [1.54, 1.807) is 12.1 Å². The van der Waals surface area contributed by atoms with E-state index in [0.717, 1.165) is 12.8 Å². The minimum Gasteiger partial charge on any atom is -0.486 e. The van der Waals surface area contributed by atoms with Crippen molar-refractivity contribution in [1.29, 1.82) is 0 Å². The first-order valence-electron chi connectivity index (χ1n) is 10.2. The molecule has 0 bridgehead atoms. The summed E-state index contributed by atoms with van der Waals surface area (Å²) in [5.41, 5.74) is 1.82. The number of amides is 1. The number of fused-ring (bicyclic) bond motifs is 1. The number of carbonyl (C=O) groups excluding carboxylic acids is 1. The van der Waals surface area contributed by atoms with Gasteiger partial charge >= 0.3 is 0 Å². The predicted octanol–water partition coefficient (Wildman–Crippen LogP) is 3.85. The number of carbonyl (C=O) groups is 1. The van der Waals surface area contributed by atoms with Crippen LogP contribution in [0.2, 0.25) is 0 Å². The third-order valence-electron chi connectivity index (χ3n) is 5.77. The SMILES string of the molecule is CC(NC1(CNC(=O)c2ccc3c(c2)OCCO3)CCCC1)c1ccccc1. The number of hydrogen-bond donors (Lipinski definition) is 2. The highest BCUT2D eigenvalue weighted by atomic mass is 16.6. The summed E-state index contributed by atoms with van der Waals surface area (Å²) in [6, 6.07) is 16.1. The van der Waals surface area contributed by atoms with Crippen LogP contribution in [-0.2, 0) is 0 Å². The molecule has 1 fully saturated rings. The van der Waals surface area contributed by atoms with Gasteiger partial charge < -0.3 is 20.1 Å². The van der Waals surface area contributed by atoms with Crippen molar-refractivity contribution >= 4 is 5.91 Å². The van der Waals surface area contributed by atoms with Crippen molar-refractivity contribution in [3.63, 3.8) is 0 Å². The van der Waals surface area contributed by atoms with E-state index in [1.165, 1.54) is 18.4 Å². The molecule has 0 saturated heterocycles. The summed E-state index contributed by atoms with van der Waals surface area (Å²) >= 11 is 0. The third kappa shape index (κ3) is 4.14. The van der Waals surface area contributed by atoms with Crippen molar-refractivity contribution in [2.45, 2.75) is 44.2 Å². The molecule has 2 aromatic rings. The van der Waals surface area contributed by atoms with Crippen molar-refractivity contribution < 1.29 is 14.3 Å². The van der Waals surface area contributed by atoms with Gasteiger partial charge in [-0.3, -0.25) is 4.79 Å². The number of benzene rings is 2. The second-order valence-electron chi connectivity index (χ2n) is 7.81. The fraction of sp³-hybridized carbons (Fsp3) is 0.435. The topological polar surface area (TPSA) is 59.6 Å². The molecule has 2 aromatic carbocycles. The summed E-state index contributed by atoms with van der Waals surface area (Å²) in [4.78, 5) is 12.7. The molecule has 1 saturated carbocycles. The van der Waals surface area contributed by atoms with E-state index in [4.69, 9.17) is 9.47 Å². The number of nitrogens with one attached hydrogen (secondary N) is 2. The van der Waals surface area contributed by atoms with Gasteiger partial charge in [0.1, 0.15) is 13.2 Å². The van der Waals surface area contributed by atoms with Gasteiger partial charge in [0, 0.05) is 23.7 Å². The van der Waals surface area contributed by atoms with E-state index in [1.807, 2.05) is 12.1 Å². The lowest BCUT2D eigenvalue weighted by Crippen LogP contribution is -2.52. The Kier molecular flexibility index (Phi) is 5.53. The Morgan fingerprint density at radius 3 is 2.50 bits per heavy atom. The molecular weight excluding hydrogens is 352 g/mol. The van der Waals surface area contributed by atoms with Gasteiger partial charge in [-0.1, -0.05) is 43.2 Å². The second-order valence-corrected chi connectivity index (χ2v) is 7.81. The molecule has 1 aliphatic heterocycles. The Labute approximate surface area is 166 Å². The van der Waals surface area contributed by atoms with E-state index in [2.05, 4.69) is 41.8 Å². The van der Waals surface area contributed by atoms with Crippen LogP contribution < -0.4 is 20.1 Å². The maximum absolute atomic E-state index is 12.7. The maximum atomic E-state index is 12.7. The van der Waals surface area contributed by atoms with Crippen LogP contribution in [0.5, 0.6) is 11.5 Å². The van der Waals surface area contributed by atoms with Crippen molar-refractivity contribution in [3.05, 3.63) is 59.7 Å². The first-order chi connectivity index (χ1) is 13.7. The molecule has 5 heteroatoms. The lowest BCUT2D eigenvalue weighted by Gasteiger charge is -2.34. The summed E-state index contributed by atoms with van der Waals surface area (Å²) in [5, 5.41) is 6.95. The van der Waals surface area contributed by atoms with E-state index in [-0.39, 0.29) is 17.5 Å². The Balaban J connectivity index is 1.41. The molecule has 5 nitrogen and oxygen atoms in total. The highest BCUT2D eigenvalue weighted by Crippen LogP contribution is 2.33. The van der Waals surface area contributed by atoms with Crippen LogP contribution in [0.3, 0.4) is 0 Å². The first kappa shape index (κ1) is 18.8. The van der Waals surface area contributed by atoms with Gasteiger partial charge in [-0.2, -0.15) is 0 Å². The zero-order valence-electron chi connectivity index (χ0n) is 16.4. The summed E-state index contributed by atoms with van der Waals surface area (Å²) in [6.07, 6.45) is 4.53. The maximum Gasteiger partial charge on any atom is 0.251 e. The highest BCUT2D eigenvalue weighted by Gasteiger charge is 2.35. The minimum absolute atomic E-state index is 0.0568. The monoisotopic (exact) mass is 380 g/mol. The lowest BCUT2D eigenvalue weighted by atomic mass is 9.94. The van der Waals surface area contributed by atoms with Crippen molar-refractivity contribution in [2.75, 3.05) is 19.8 Å². The molecule has 1 atom stereocenters. The van der Waals surface area contributed by atoms with Crippen LogP contribution in [0.1, 0.15) is 54.6 Å². The smallest absolute Gasteiger partial charge is 0.251 e. The molecular formula is C23H28N2O3. The van der Waals surface area contributed by atoms with Crippen LogP contribution >= 0.6 is 0 Å². The molecule has 2 N–H and O–H groups in total. The summed E-state index contributed by atoms with van der Waals surface area (Å²) in [7, 11) is 0. The average molecular weight is 380 g/mol. The highest BCUT2D eigenvalue weighted by molar-refractivity contribution is 5.95. The summed E-state index contributed by atoms with van der Waals surface area (Å²) in [5.74, 6) is 1.27. The third-order valence-corrected chi connectivity index (χ3v) is 5.77. The van der Waals surface area contributed by atoms with E-state index in [9.17, 15) is 4.79 Å². The van der Waals surface area contributed by atoms with Crippen molar-refractivity contribution in [1.82, 2.24) is 10.6 Å². The van der Waals surface area contributed by atoms with E-state index < -0.39 is 0 Å². The summed E-state index contributed by atoms with van der Waals surface area (Å²) in [6.45, 7) is 3.88. The Morgan fingerprint density at radius 2 is 1.75 bits per heavy atom. The van der Waals surface area contributed by atoms with Crippen LogP contribution in [0.25, 0.3) is 0 Å². The van der Waals surface area contributed by atoms with Gasteiger partial charge in [0.05, 0.1) is 0 Å². The van der Waals surface area contributed by atoms with Crippen LogP contribution in [0, 0.1) is 0 Å². The zero-order chi connectivity index (χ0) is 19.4. The fourth-order valence-corrected chi connectivity index (χ4v) is 4.24. The van der Waals surface area contributed by atoms with Gasteiger partial charge in [0.2, 0.25) is 0 Å². The lowest BCUT2D eigenvalue weighted by molar-refractivity contribution is 0.0935. The molecule has 0 aromatic heterocycles. The van der Waals surface area contributed by atoms with Crippen LogP contribution in [0.15, 0.2) is 48.5 Å². The van der Waals surface area contributed by atoms with Gasteiger partial charge in [-0.15, -0.1) is 0 Å². The van der Waals surface area contributed by atoms with Gasteiger partial charge in [-0.25, -0.2) is 0 Å². The Hall–Kier alpha value is -2.53. The minimum atomic E-state index is -0.0718. The van der Waals surface area contributed by atoms with Crippen molar-refractivity contribution in [2.24, 2.45) is 0 Å². The van der Waals surface area contributed by atoms with Crippen molar-refractivity contribution in [3.8, 4) is 11.5 Å². The largest absolute Gasteiger partial charge is 0.486 e. The van der Waals surface area contributed by atoms with E-state index in [0.29, 0.717) is 36.8 Å².